The number of nitrogens with zero attached hydrogens (tertiary/aromatic N) is 3. The van der Waals surface area contributed by atoms with Crippen LogP contribution in [-0.4, -0.2) is 35.0 Å². The number of amides is 1. The quantitative estimate of drug-likeness (QED) is 0.762. The van der Waals surface area contributed by atoms with Crippen molar-refractivity contribution < 1.29 is 9.53 Å². The third-order valence-corrected chi connectivity index (χ3v) is 4.45. The van der Waals surface area contributed by atoms with E-state index in [0.717, 1.165) is 5.56 Å². The van der Waals surface area contributed by atoms with Gasteiger partial charge in [-0.1, -0.05) is 0 Å². The molecule has 0 saturated carbocycles. The van der Waals surface area contributed by atoms with Gasteiger partial charge in [-0.2, -0.15) is 0 Å². The van der Waals surface area contributed by atoms with Crippen molar-refractivity contribution in [2.24, 2.45) is 0 Å². The van der Waals surface area contributed by atoms with Crippen LogP contribution in [0, 0.1) is 6.92 Å². The molecule has 3 aromatic rings. The maximum absolute atomic E-state index is 12.0. The molecule has 0 atom stereocenters. The summed E-state index contributed by atoms with van der Waals surface area (Å²) in [7, 11) is 3.14. The van der Waals surface area contributed by atoms with Crippen molar-refractivity contribution in [1.82, 2.24) is 20.3 Å². The van der Waals surface area contributed by atoms with E-state index >= 15 is 0 Å². The highest BCUT2D eigenvalue weighted by Crippen LogP contribution is 2.38. The van der Waals surface area contributed by atoms with E-state index in [1.54, 1.807) is 33.5 Å². The van der Waals surface area contributed by atoms with Gasteiger partial charge in [0, 0.05) is 18.8 Å². The Hall–Kier alpha value is -2.74. The molecule has 7 nitrogen and oxygen atoms in total. The number of carbonyl (C=O) groups excluding carboxylic acids is 1. The first-order valence-corrected chi connectivity index (χ1v) is 7.65. The number of thiophene rings is 1. The highest BCUT2D eigenvalue weighted by molar-refractivity contribution is 7.21. The van der Waals surface area contributed by atoms with Gasteiger partial charge in [0.25, 0.3) is 5.91 Å². The smallest absolute Gasteiger partial charge is 0.263 e. The van der Waals surface area contributed by atoms with Crippen molar-refractivity contribution in [1.29, 1.82) is 0 Å². The molecule has 118 valence electrons. The molecule has 0 fully saturated rings. The van der Waals surface area contributed by atoms with Gasteiger partial charge in [-0.15, -0.1) is 11.3 Å². The van der Waals surface area contributed by atoms with E-state index in [0.29, 0.717) is 38.0 Å². The van der Waals surface area contributed by atoms with Gasteiger partial charge in [-0.3, -0.25) is 9.78 Å². The molecular weight excluding hydrogens is 314 g/mol. The van der Waals surface area contributed by atoms with Gasteiger partial charge in [0.1, 0.15) is 21.3 Å². The average Bonchev–Trinajstić information content (AvgIpc) is 2.90. The summed E-state index contributed by atoms with van der Waals surface area (Å²) in [5.74, 6) is 0.977. The van der Waals surface area contributed by atoms with Crippen LogP contribution in [0.1, 0.15) is 15.5 Å². The van der Waals surface area contributed by atoms with Crippen molar-refractivity contribution >= 4 is 33.1 Å². The first-order valence-electron chi connectivity index (χ1n) is 6.83. The number of anilines is 1. The van der Waals surface area contributed by atoms with Crippen LogP contribution in [0.5, 0.6) is 5.75 Å². The van der Waals surface area contributed by atoms with Gasteiger partial charge < -0.3 is 15.8 Å². The van der Waals surface area contributed by atoms with E-state index in [1.807, 2.05) is 6.07 Å². The van der Waals surface area contributed by atoms with Crippen LogP contribution in [0.15, 0.2) is 18.5 Å². The van der Waals surface area contributed by atoms with E-state index < -0.39 is 0 Å². The number of ether oxygens (including phenoxy) is 1. The molecule has 3 rings (SSSR count). The van der Waals surface area contributed by atoms with Crippen molar-refractivity contribution in [2.45, 2.75) is 6.92 Å². The first-order chi connectivity index (χ1) is 11.0. The maximum Gasteiger partial charge on any atom is 0.263 e. The van der Waals surface area contributed by atoms with Crippen molar-refractivity contribution in [3.05, 3.63) is 29.2 Å². The van der Waals surface area contributed by atoms with Crippen molar-refractivity contribution in [3.63, 3.8) is 0 Å². The van der Waals surface area contributed by atoms with Gasteiger partial charge in [0.05, 0.1) is 30.1 Å². The molecule has 0 unspecified atom stereocenters. The fraction of sp³-hybridized carbons (Fsp3) is 0.200. The number of carbonyl (C=O) groups is 1. The number of fused-ring (bicyclic) bond motifs is 1. The van der Waals surface area contributed by atoms with Crippen LogP contribution in [0.25, 0.3) is 21.5 Å². The van der Waals surface area contributed by atoms with Crippen LogP contribution in [0.2, 0.25) is 0 Å². The number of methoxy groups -OCH3 is 1. The normalized spacial score (nSPS) is 10.7. The predicted octanol–water partition coefficient (Wildman–Crippen LogP) is 2.01. The minimum atomic E-state index is -0.238. The molecule has 8 heteroatoms. The van der Waals surface area contributed by atoms with Crippen LogP contribution in [0.4, 0.5) is 5.69 Å². The van der Waals surface area contributed by atoms with Gasteiger partial charge in [0.15, 0.2) is 0 Å². The van der Waals surface area contributed by atoms with Crippen molar-refractivity contribution in [3.8, 4) is 17.0 Å². The Balaban J connectivity index is 2.31. The summed E-state index contributed by atoms with van der Waals surface area (Å²) >= 11 is 1.25. The van der Waals surface area contributed by atoms with E-state index in [1.165, 1.54) is 11.3 Å². The summed E-state index contributed by atoms with van der Waals surface area (Å²) in [6, 6.07) is 1.82. The zero-order chi connectivity index (χ0) is 16.6. The van der Waals surface area contributed by atoms with E-state index in [9.17, 15) is 4.79 Å². The Morgan fingerprint density at radius 2 is 2.13 bits per heavy atom. The lowest BCUT2D eigenvalue weighted by atomic mass is 10.1. The largest absolute Gasteiger partial charge is 0.495 e. The monoisotopic (exact) mass is 329 g/mol. The van der Waals surface area contributed by atoms with Gasteiger partial charge in [0.2, 0.25) is 0 Å². The molecule has 0 aliphatic heterocycles. The number of nitrogens with one attached hydrogen (secondary N) is 1. The fourth-order valence-electron chi connectivity index (χ4n) is 2.28. The molecule has 0 aliphatic rings. The molecule has 0 radical (unpaired) electrons. The molecule has 0 aliphatic carbocycles. The Labute approximate surface area is 136 Å². The topological polar surface area (TPSA) is 103 Å². The van der Waals surface area contributed by atoms with Crippen molar-refractivity contribution in [2.75, 3.05) is 19.9 Å². The number of hydrogen-bond acceptors (Lipinski definition) is 7. The summed E-state index contributed by atoms with van der Waals surface area (Å²) in [5, 5.41) is 3.25. The van der Waals surface area contributed by atoms with Gasteiger partial charge >= 0.3 is 0 Å². The summed E-state index contributed by atoms with van der Waals surface area (Å²) < 4.78 is 5.21. The third-order valence-electron chi connectivity index (χ3n) is 3.36. The van der Waals surface area contributed by atoms with Crippen LogP contribution in [-0.2, 0) is 0 Å². The fourth-order valence-corrected chi connectivity index (χ4v) is 3.37. The highest BCUT2D eigenvalue weighted by atomic mass is 32.1. The molecule has 0 aromatic carbocycles. The Bertz CT molecular complexity index is 906. The Morgan fingerprint density at radius 3 is 2.83 bits per heavy atom. The minimum absolute atomic E-state index is 0.238. The minimum Gasteiger partial charge on any atom is -0.495 e. The average molecular weight is 329 g/mol. The molecule has 0 saturated heterocycles. The predicted molar refractivity (Wildman–Crippen MR) is 89.7 cm³/mol. The number of nitrogen functional groups attached to an aromatic ring is 1. The summed E-state index contributed by atoms with van der Waals surface area (Å²) in [6.45, 7) is 1.80. The van der Waals surface area contributed by atoms with Crippen LogP contribution in [0.3, 0.4) is 0 Å². The molecule has 1 amide bonds. The van der Waals surface area contributed by atoms with Crippen LogP contribution >= 0.6 is 11.3 Å². The first kappa shape index (κ1) is 15.2. The van der Waals surface area contributed by atoms with E-state index in [4.69, 9.17) is 10.5 Å². The Kier molecular flexibility index (Phi) is 3.83. The van der Waals surface area contributed by atoms with E-state index in [-0.39, 0.29) is 5.91 Å². The molecule has 0 bridgehead atoms. The van der Waals surface area contributed by atoms with Gasteiger partial charge in [-0.05, 0) is 13.0 Å². The molecule has 23 heavy (non-hydrogen) atoms. The van der Waals surface area contributed by atoms with E-state index in [2.05, 4.69) is 20.3 Å². The number of aromatic nitrogens is 3. The molecule has 0 spiro atoms. The molecular formula is C15H15N5O2S. The lowest BCUT2D eigenvalue weighted by Crippen LogP contribution is -2.17. The zero-order valence-electron chi connectivity index (χ0n) is 12.9. The number of nitrogens with two attached hydrogens (primary N) is 1. The number of rotatable bonds is 3. The van der Waals surface area contributed by atoms with Crippen LogP contribution < -0.4 is 15.8 Å². The molecule has 3 heterocycles. The number of hydrogen-bond donors (Lipinski definition) is 2. The lowest BCUT2D eigenvalue weighted by molar-refractivity contribution is 0.0968. The maximum atomic E-state index is 12.0. The molecule has 3 N–H and O–H groups in total. The second kappa shape index (κ2) is 5.81. The van der Waals surface area contributed by atoms with Gasteiger partial charge in [-0.25, -0.2) is 9.97 Å². The number of pyridine rings is 1. The number of aryl methyl sites for hydroxylation is 1. The lowest BCUT2D eigenvalue weighted by Gasteiger charge is -2.06. The third kappa shape index (κ3) is 2.57. The SMILES string of the molecule is CNC(=O)c1sc2nc(C)nc(-c3cncc(OC)c3)c2c1N. The highest BCUT2D eigenvalue weighted by Gasteiger charge is 2.21. The zero-order valence-corrected chi connectivity index (χ0v) is 13.7. The second-order valence-corrected chi connectivity index (χ2v) is 5.84. The molecule has 3 aromatic heterocycles. The Morgan fingerprint density at radius 1 is 1.35 bits per heavy atom. The summed E-state index contributed by atoms with van der Waals surface area (Å²) in [5.41, 5.74) is 7.97. The second-order valence-electron chi connectivity index (χ2n) is 4.84. The standard InChI is InChI=1S/C15H15N5O2S/c1-7-19-12(8-4-9(22-3)6-18-5-8)10-11(16)13(14(21)17-2)23-15(10)20-7/h4-6H,16H2,1-3H3,(H,17,21). The summed E-state index contributed by atoms with van der Waals surface area (Å²) in [4.78, 5) is 26.1. The summed E-state index contributed by atoms with van der Waals surface area (Å²) in [6.07, 6.45) is 3.29.